The molecule has 7 heteroatoms. The maximum Gasteiger partial charge on any atom is 0.234 e. The van der Waals surface area contributed by atoms with E-state index in [4.69, 9.17) is 11.6 Å². The van der Waals surface area contributed by atoms with Crippen LogP contribution in [0.25, 0.3) is 5.69 Å². The number of carbonyl (C=O) groups is 1. The van der Waals surface area contributed by atoms with Crippen LogP contribution in [-0.4, -0.2) is 30.6 Å². The molecule has 0 unspecified atom stereocenters. The van der Waals surface area contributed by atoms with Crippen molar-refractivity contribution in [1.29, 1.82) is 0 Å². The molecular weight excluding hydrogens is 290 g/mol. The van der Waals surface area contributed by atoms with Crippen molar-refractivity contribution in [2.75, 3.05) is 0 Å². The quantitative estimate of drug-likeness (QED) is 0.694. The third-order valence-electron chi connectivity index (χ3n) is 3.02. The van der Waals surface area contributed by atoms with E-state index in [0.717, 1.165) is 5.69 Å². The van der Waals surface area contributed by atoms with Crippen molar-refractivity contribution in [1.82, 2.24) is 24.8 Å². The van der Waals surface area contributed by atoms with Crippen molar-refractivity contribution in [2.45, 2.75) is 13.5 Å². The topological polar surface area (TPSA) is 65.6 Å². The van der Waals surface area contributed by atoms with E-state index in [-0.39, 0.29) is 11.5 Å². The summed E-state index contributed by atoms with van der Waals surface area (Å²) in [7, 11) is 0. The summed E-state index contributed by atoms with van der Waals surface area (Å²) in [6.07, 6.45) is 2.89. The van der Waals surface area contributed by atoms with Crippen LogP contribution in [0, 0.1) is 0 Å². The standard InChI is InChI=1S/C14H12ClN5O/c1-2-19-13(11(15)8-16-19)14(21)12-9-17-20(18-12)10-6-4-3-5-7-10/h3-9H,2H2,1H3. The van der Waals surface area contributed by atoms with Gasteiger partial charge in [0.15, 0.2) is 5.69 Å². The lowest BCUT2D eigenvalue weighted by molar-refractivity contribution is 0.102. The van der Waals surface area contributed by atoms with Crippen LogP contribution < -0.4 is 0 Å². The number of para-hydroxylation sites is 1. The largest absolute Gasteiger partial charge is 0.285 e. The number of benzene rings is 1. The Labute approximate surface area is 126 Å². The molecule has 1 aromatic carbocycles. The number of ketones is 1. The smallest absolute Gasteiger partial charge is 0.234 e. The molecule has 0 amide bonds. The number of aromatic nitrogens is 5. The number of halogens is 1. The molecule has 0 aliphatic rings. The maximum atomic E-state index is 12.5. The normalized spacial score (nSPS) is 10.8. The maximum absolute atomic E-state index is 12.5. The van der Waals surface area contributed by atoms with Gasteiger partial charge in [-0.15, -0.1) is 5.10 Å². The van der Waals surface area contributed by atoms with E-state index in [1.807, 2.05) is 37.3 Å². The van der Waals surface area contributed by atoms with Gasteiger partial charge < -0.3 is 0 Å². The predicted octanol–water partition coefficient (Wildman–Crippen LogP) is 2.37. The SMILES string of the molecule is CCn1ncc(Cl)c1C(=O)c1cnn(-c2ccccc2)n1. The van der Waals surface area contributed by atoms with Crippen molar-refractivity contribution in [3.8, 4) is 5.69 Å². The van der Waals surface area contributed by atoms with Gasteiger partial charge in [-0.25, -0.2) is 0 Å². The predicted molar refractivity (Wildman–Crippen MR) is 77.7 cm³/mol. The molecule has 21 heavy (non-hydrogen) atoms. The minimum absolute atomic E-state index is 0.232. The molecule has 3 aromatic rings. The Balaban J connectivity index is 1.97. The second-order valence-corrected chi connectivity index (χ2v) is 4.75. The Morgan fingerprint density at radius 1 is 1.19 bits per heavy atom. The van der Waals surface area contributed by atoms with Crippen LogP contribution in [0.3, 0.4) is 0 Å². The van der Waals surface area contributed by atoms with Crippen molar-refractivity contribution in [3.05, 3.63) is 59.1 Å². The van der Waals surface area contributed by atoms with Crippen LogP contribution >= 0.6 is 11.6 Å². The molecule has 106 valence electrons. The molecule has 0 N–H and O–H groups in total. The summed E-state index contributed by atoms with van der Waals surface area (Å²) in [6, 6.07) is 9.38. The van der Waals surface area contributed by atoms with E-state index in [9.17, 15) is 4.79 Å². The highest BCUT2D eigenvalue weighted by atomic mass is 35.5. The molecule has 0 bridgehead atoms. The van der Waals surface area contributed by atoms with Crippen LogP contribution in [-0.2, 0) is 6.54 Å². The summed E-state index contributed by atoms with van der Waals surface area (Å²) in [5.41, 5.74) is 1.35. The highest BCUT2D eigenvalue weighted by molar-refractivity contribution is 6.34. The molecule has 0 saturated carbocycles. The van der Waals surface area contributed by atoms with Crippen molar-refractivity contribution in [2.24, 2.45) is 0 Å². The Morgan fingerprint density at radius 2 is 1.95 bits per heavy atom. The van der Waals surface area contributed by atoms with E-state index in [2.05, 4.69) is 15.3 Å². The van der Waals surface area contributed by atoms with E-state index >= 15 is 0 Å². The Hall–Kier alpha value is -2.47. The number of rotatable bonds is 4. The minimum Gasteiger partial charge on any atom is -0.285 e. The third kappa shape index (κ3) is 2.45. The van der Waals surface area contributed by atoms with Crippen LogP contribution in [0.1, 0.15) is 23.1 Å². The molecule has 0 radical (unpaired) electrons. The first-order chi connectivity index (χ1) is 10.2. The van der Waals surface area contributed by atoms with E-state index in [1.165, 1.54) is 17.2 Å². The molecule has 0 aliphatic heterocycles. The molecule has 2 heterocycles. The Bertz CT molecular complexity index is 778. The van der Waals surface area contributed by atoms with Gasteiger partial charge in [0, 0.05) is 6.54 Å². The van der Waals surface area contributed by atoms with Crippen LogP contribution in [0.2, 0.25) is 5.02 Å². The van der Waals surface area contributed by atoms with E-state index in [1.54, 1.807) is 4.68 Å². The second-order valence-electron chi connectivity index (χ2n) is 4.34. The molecule has 0 atom stereocenters. The average Bonchev–Trinajstić information content (AvgIpc) is 3.14. The number of hydrogen-bond donors (Lipinski definition) is 0. The molecule has 3 rings (SSSR count). The summed E-state index contributed by atoms with van der Waals surface area (Å²) in [5.74, 6) is -0.290. The minimum atomic E-state index is -0.290. The summed E-state index contributed by atoms with van der Waals surface area (Å²) in [6.45, 7) is 2.45. The number of aryl methyl sites for hydroxylation is 1. The first-order valence-electron chi connectivity index (χ1n) is 6.44. The fourth-order valence-corrected chi connectivity index (χ4v) is 2.23. The van der Waals surface area contributed by atoms with Crippen molar-refractivity contribution in [3.63, 3.8) is 0 Å². The van der Waals surface area contributed by atoms with Gasteiger partial charge in [-0.05, 0) is 19.1 Å². The molecule has 0 spiro atoms. The monoisotopic (exact) mass is 301 g/mol. The van der Waals surface area contributed by atoms with Crippen molar-refractivity contribution >= 4 is 17.4 Å². The molecule has 0 fully saturated rings. The molecule has 2 aromatic heterocycles. The fourth-order valence-electron chi connectivity index (χ4n) is 2.00. The second kappa shape index (κ2) is 5.49. The molecule has 0 aliphatic carbocycles. The zero-order valence-corrected chi connectivity index (χ0v) is 12.0. The first kappa shape index (κ1) is 13.5. The highest BCUT2D eigenvalue weighted by Gasteiger charge is 2.21. The Morgan fingerprint density at radius 3 is 2.67 bits per heavy atom. The summed E-state index contributed by atoms with van der Waals surface area (Å²) in [4.78, 5) is 13.9. The van der Waals surface area contributed by atoms with Gasteiger partial charge in [-0.1, -0.05) is 29.8 Å². The van der Waals surface area contributed by atoms with Gasteiger partial charge in [0.1, 0.15) is 5.69 Å². The third-order valence-corrected chi connectivity index (χ3v) is 3.30. The number of hydrogen-bond acceptors (Lipinski definition) is 4. The van der Waals surface area contributed by atoms with Gasteiger partial charge in [-0.3, -0.25) is 9.48 Å². The molecular formula is C14H12ClN5O. The summed E-state index contributed by atoms with van der Waals surface area (Å²) in [5, 5.41) is 12.7. The zero-order chi connectivity index (χ0) is 14.8. The fraction of sp³-hybridized carbons (Fsp3) is 0.143. The first-order valence-corrected chi connectivity index (χ1v) is 6.82. The average molecular weight is 302 g/mol. The van der Waals surface area contributed by atoms with Gasteiger partial charge in [0.25, 0.3) is 0 Å². The van der Waals surface area contributed by atoms with Gasteiger partial charge in [0.05, 0.1) is 23.1 Å². The summed E-state index contributed by atoms with van der Waals surface area (Å²) < 4.78 is 1.55. The highest BCUT2D eigenvalue weighted by Crippen LogP contribution is 2.18. The van der Waals surface area contributed by atoms with E-state index in [0.29, 0.717) is 17.3 Å². The van der Waals surface area contributed by atoms with Crippen LogP contribution in [0.15, 0.2) is 42.7 Å². The lowest BCUT2D eigenvalue weighted by atomic mass is 10.2. The van der Waals surface area contributed by atoms with E-state index < -0.39 is 0 Å². The molecule has 0 saturated heterocycles. The van der Waals surface area contributed by atoms with Gasteiger partial charge >= 0.3 is 0 Å². The van der Waals surface area contributed by atoms with Gasteiger partial charge in [-0.2, -0.15) is 15.0 Å². The number of carbonyl (C=O) groups excluding carboxylic acids is 1. The lowest BCUT2D eigenvalue weighted by Crippen LogP contribution is -2.12. The van der Waals surface area contributed by atoms with Gasteiger partial charge in [0.2, 0.25) is 5.78 Å². The van der Waals surface area contributed by atoms with Crippen LogP contribution in [0.5, 0.6) is 0 Å². The Kier molecular flexibility index (Phi) is 3.53. The summed E-state index contributed by atoms with van der Waals surface area (Å²) >= 11 is 6.03. The number of nitrogens with zero attached hydrogens (tertiary/aromatic N) is 5. The molecule has 6 nitrogen and oxygen atoms in total. The lowest BCUT2D eigenvalue weighted by Gasteiger charge is -2.02. The van der Waals surface area contributed by atoms with Crippen LogP contribution in [0.4, 0.5) is 0 Å². The van der Waals surface area contributed by atoms with Crippen molar-refractivity contribution < 1.29 is 4.79 Å². The zero-order valence-electron chi connectivity index (χ0n) is 11.3.